The van der Waals surface area contributed by atoms with Gasteiger partial charge < -0.3 is 14.7 Å². The molecule has 1 aliphatic heterocycles. The second kappa shape index (κ2) is 7.20. The predicted octanol–water partition coefficient (Wildman–Crippen LogP) is 0.808. The van der Waals surface area contributed by atoms with Gasteiger partial charge in [-0.05, 0) is 13.8 Å². The molecule has 0 aliphatic carbocycles. The van der Waals surface area contributed by atoms with E-state index >= 15 is 0 Å². The Morgan fingerprint density at radius 2 is 1.96 bits per heavy atom. The molecule has 1 atom stereocenters. The van der Waals surface area contributed by atoms with Gasteiger partial charge >= 0.3 is 6.18 Å². The highest BCUT2D eigenvalue weighted by Crippen LogP contribution is 2.14. The average molecular weight is 348 g/mol. The van der Waals surface area contributed by atoms with E-state index in [1.54, 1.807) is 29.7 Å². The molecular weight excluding hydrogens is 329 g/mol. The Balaban J connectivity index is 1.83. The number of halogens is 3. The number of piperazine rings is 1. The molecular formula is C14H19F3N4O3. The van der Waals surface area contributed by atoms with Crippen molar-refractivity contribution in [3.8, 4) is 0 Å². The number of hydrogen-bond donors (Lipinski definition) is 1. The summed E-state index contributed by atoms with van der Waals surface area (Å²) in [6.45, 7) is 3.39. The van der Waals surface area contributed by atoms with Crippen LogP contribution in [0.25, 0.3) is 0 Å². The van der Waals surface area contributed by atoms with Gasteiger partial charge in [0.25, 0.3) is 5.91 Å². The highest BCUT2D eigenvalue weighted by Gasteiger charge is 2.32. The predicted molar refractivity (Wildman–Crippen MR) is 77.2 cm³/mol. The van der Waals surface area contributed by atoms with Crippen LogP contribution < -0.4 is 5.32 Å². The van der Waals surface area contributed by atoms with Gasteiger partial charge in [0.15, 0.2) is 0 Å². The Kier molecular flexibility index (Phi) is 5.47. The van der Waals surface area contributed by atoms with Crippen molar-refractivity contribution in [1.82, 2.24) is 20.3 Å². The van der Waals surface area contributed by atoms with Crippen LogP contribution >= 0.6 is 0 Å². The second-order valence-electron chi connectivity index (χ2n) is 5.67. The topological polar surface area (TPSA) is 78.7 Å². The van der Waals surface area contributed by atoms with Gasteiger partial charge in [-0.15, -0.1) is 0 Å². The van der Waals surface area contributed by atoms with Gasteiger partial charge in [0, 0.05) is 32.2 Å². The molecule has 1 fully saturated rings. The van der Waals surface area contributed by atoms with Crippen molar-refractivity contribution >= 4 is 11.8 Å². The van der Waals surface area contributed by atoms with Crippen molar-refractivity contribution in [2.45, 2.75) is 26.1 Å². The molecule has 10 heteroatoms. The van der Waals surface area contributed by atoms with Crippen LogP contribution in [0.5, 0.6) is 0 Å². The minimum Gasteiger partial charge on any atom is -0.351 e. The zero-order chi connectivity index (χ0) is 17.9. The smallest absolute Gasteiger partial charge is 0.351 e. The van der Waals surface area contributed by atoms with E-state index in [0.29, 0.717) is 31.9 Å². The molecule has 7 nitrogen and oxygen atoms in total. The molecule has 2 rings (SSSR count). The highest BCUT2D eigenvalue weighted by atomic mass is 19.4. The van der Waals surface area contributed by atoms with Crippen LogP contribution in [0.2, 0.25) is 0 Å². The van der Waals surface area contributed by atoms with Gasteiger partial charge in [0.2, 0.25) is 11.7 Å². The SMILES string of the molecule is Cc1cc(C(=O)N2CCN(C(C)C(=O)NCC(F)(F)F)CC2)on1. The molecule has 1 aliphatic rings. The molecule has 1 aromatic heterocycles. The van der Waals surface area contributed by atoms with Crippen molar-refractivity contribution in [2.24, 2.45) is 0 Å². The number of carbonyl (C=O) groups is 2. The van der Waals surface area contributed by atoms with Crippen molar-refractivity contribution in [3.05, 3.63) is 17.5 Å². The van der Waals surface area contributed by atoms with Gasteiger partial charge in [-0.1, -0.05) is 5.16 Å². The molecule has 2 heterocycles. The van der Waals surface area contributed by atoms with E-state index in [1.165, 1.54) is 0 Å². The number of nitrogens with zero attached hydrogens (tertiary/aromatic N) is 3. The van der Waals surface area contributed by atoms with Crippen molar-refractivity contribution < 1.29 is 27.3 Å². The monoisotopic (exact) mass is 348 g/mol. The zero-order valence-corrected chi connectivity index (χ0v) is 13.4. The summed E-state index contributed by atoms with van der Waals surface area (Å²) in [5, 5.41) is 5.53. The second-order valence-corrected chi connectivity index (χ2v) is 5.67. The van der Waals surface area contributed by atoms with Crippen molar-refractivity contribution in [1.29, 1.82) is 0 Å². The first-order valence-electron chi connectivity index (χ1n) is 7.48. The summed E-state index contributed by atoms with van der Waals surface area (Å²) in [5.74, 6) is -0.820. The zero-order valence-electron chi connectivity index (χ0n) is 13.4. The van der Waals surface area contributed by atoms with Gasteiger partial charge in [-0.25, -0.2) is 0 Å². The third kappa shape index (κ3) is 4.70. The van der Waals surface area contributed by atoms with E-state index in [2.05, 4.69) is 5.16 Å². The minimum absolute atomic E-state index is 0.150. The van der Waals surface area contributed by atoms with Crippen LogP contribution in [0.1, 0.15) is 23.2 Å². The first-order valence-corrected chi connectivity index (χ1v) is 7.48. The average Bonchev–Trinajstić information content (AvgIpc) is 2.97. The van der Waals surface area contributed by atoms with E-state index in [4.69, 9.17) is 4.52 Å². The third-order valence-corrected chi connectivity index (χ3v) is 3.83. The fraction of sp³-hybridized carbons (Fsp3) is 0.643. The molecule has 1 saturated heterocycles. The molecule has 0 saturated carbocycles. The minimum atomic E-state index is -4.43. The van der Waals surface area contributed by atoms with Gasteiger partial charge in [0.1, 0.15) is 6.54 Å². The largest absolute Gasteiger partial charge is 0.405 e. The van der Waals surface area contributed by atoms with E-state index < -0.39 is 24.7 Å². The number of nitrogens with one attached hydrogen (secondary N) is 1. The number of alkyl halides is 3. The molecule has 2 amide bonds. The molecule has 134 valence electrons. The number of rotatable bonds is 4. The fourth-order valence-electron chi connectivity index (χ4n) is 2.43. The number of amides is 2. The quantitative estimate of drug-likeness (QED) is 0.871. The molecule has 0 bridgehead atoms. The Morgan fingerprint density at radius 3 is 2.46 bits per heavy atom. The lowest BCUT2D eigenvalue weighted by molar-refractivity contribution is -0.141. The summed E-state index contributed by atoms with van der Waals surface area (Å²) in [6.07, 6.45) is -4.43. The lowest BCUT2D eigenvalue weighted by Crippen LogP contribution is -2.55. The molecule has 0 radical (unpaired) electrons. The van der Waals surface area contributed by atoms with Gasteiger partial charge in [-0.3, -0.25) is 14.5 Å². The van der Waals surface area contributed by atoms with Crippen LogP contribution in [-0.4, -0.2) is 71.7 Å². The summed E-state index contributed by atoms with van der Waals surface area (Å²) in [7, 11) is 0. The Labute approximate surface area is 136 Å². The summed E-state index contributed by atoms with van der Waals surface area (Å²) in [5.41, 5.74) is 0.604. The van der Waals surface area contributed by atoms with E-state index in [-0.39, 0.29) is 11.7 Å². The molecule has 1 N–H and O–H groups in total. The molecule has 24 heavy (non-hydrogen) atoms. The van der Waals surface area contributed by atoms with Crippen molar-refractivity contribution in [2.75, 3.05) is 32.7 Å². The Morgan fingerprint density at radius 1 is 1.33 bits per heavy atom. The van der Waals surface area contributed by atoms with Crippen LogP contribution in [0, 0.1) is 6.92 Å². The first kappa shape index (κ1) is 18.2. The summed E-state index contributed by atoms with van der Waals surface area (Å²) < 4.78 is 41.3. The van der Waals surface area contributed by atoms with Gasteiger partial charge in [-0.2, -0.15) is 13.2 Å². The summed E-state index contributed by atoms with van der Waals surface area (Å²) >= 11 is 0. The third-order valence-electron chi connectivity index (χ3n) is 3.83. The molecule has 0 spiro atoms. The van der Waals surface area contributed by atoms with Gasteiger partial charge in [0.05, 0.1) is 11.7 Å². The number of hydrogen-bond acceptors (Lipinski definition) is 5. The number of aryl methyl sites for hydroxylation is 1. The summed E-state index contributed by atoms with van der Waals surface area (Å²) in [4.78, 5) is 27.3. The van der Waals surface area contributed by atoms with E-state index in [0.717, 1.165) is 0 Å². The lowest BCUT2D eigenvalue weighted by Gasteiger charge is -2.37. The maximum atomic E-state index is 12.2. The maximum absolute atomic E-state index is 12.2. The molecule has 0 aromatic carbocycles. The van der Waals surface area contributed by atoms with Crippen LogP contribution in [0.3, 0.4) is 0 Å². The lowest BCUT2D eigenvalue weighted by atomic mass is 10.2. The summed E-state index contributed by atoms with van der Waals surface area (Å²) in [6, 6.07) is 0.846. The normalized spacial score (nSPS) is 17.6. The van der Waals surface area contributed by atoms with Crippen LogP contribution in [0.15, 0.2) is 10.6 Å². The Hall–Kier alpha value is -2.10. The number of carbonyl (C=O) groups excluding carboxylic acids is 2. The fourth-order valence-corrected chi connectivity index (χ4v) is 2.43. The van der Waals surface area contributed by atoms with Crippen molar-refractivity contribution in [3.63, 3.8) is 0 Å². The number of aromatic nitrogens is 1. The molecule has 1 aromatic rings. The van der Waals surface area contributed by atoms with E-state index in [1.807, 2.05) is 5.32 Å². The Bertz CT molecular complexity index is 594. The first-order chi connectivity index (χ1) is 11.2. The maximum Gasteiger partial charge on any atom is 0.405 e. The van der Waals surface area contributed by atoms with E-state index in [9.17, 15) is 22.8 Å². The molecule has 1 unspecified atom stereocenters. The van der Waals surface area contributed by atoms with Crippen LogP contribution in [0.4, 0.5) is 13.2 Å². The van der Waals surface area contributed by atoms with Crippen LogP contribution in [-0.2, 0) is 4.79 Å². The highest BCUT2D eigenvalue weighted by molar-refractivity contribution is 5.91. The standard InChI is InChI=1S/C14H19F3N4O3/c1-9-7-11(24-19-9)13(23)21-5-3-20(4-6-21)10(2)12(22)18-8-14(15,16)17/h7,10H,3-6,8H2,1-2H3,(H,18,22).